The van der Waals surface area contributed by atoms with Gasteiger partial charge in [0.15, 0.2) is 11.3 Å². The number of benzene rings is 1. The molecule has 0 bridgehead atoms. The smallest absolute Gasteiger partial charge is 0.273 e. The van der Waals surface area contributed by atoms with Gasteiger partial charge in [-0.05, 0) is 37.9 Å². The molecule has 0 aliphatic carbocycles. The topological polar surface area (TPSA) is 62.5 Å². The summed E-state index contributed by atoms with van der Waals surface area (Å²) in [4.78, 5) is 23.5. The molecule has 1 fully saturated rings. The lowest BCUT2D eigenvalue weighted by Gasteiger charge is -2.39. The number of aromatic nitrogens is 3. The molecule has 1 saturated heterocycles. The van der Waals surface area contributed by atoms with Crippen LogP contribution >= 0.6 is 0 Å². The van der Waals surface area contributed by atoms with E-state index in [1.54, 1.807) is 18.6 Å². The minimum atomic E-state index is -0.165. The number of likely N-dealkylation sites (tertiary alicyclic amines) is 1. The highest BCUT2D eigenvalue weighted by Gasteiger charge is 2.30. The number of amides is 1. The second-order valence-corrected chi connectivity index (χ2v) is 6.88. The fourth-order valence-corrected chi connectivity index (χ4v) is 3.97. The molecule has 6 nitrogen and oxygen atoms in total. The highest BCUT2D eigenvalue weighted by atomic mass is 16.1. The summed E-state index contributed by atoms with van der Waals surface area (Å²) < 4.78 is 1.81. The van der Waals surface area contributed by atoms with Gasteiger partial charge < -0.3 is 9.72 Å². The maximum atomic E-state index is 12.7. The Morgan fingerprint density at radius 2 is 1.96 bits per heavy atom. The van der Waals surface area contributed by atoms with E-state index in [0.29, 0.717) is 29.8 Å². The molecule has 0 saturated carbocycles. The van der Waals surface area contributed by atoms with E-state index in [1.807, 2.05) is 16.7 Å². The quantitative estimate of drug-likeness (QED) is 0.786. The van der Waals surface area contributed by atoms with Gasteiger partial charge in [0.25, 0.3) is 5.91 Å². The lowest BCUT2D eigenvalue weighted by Crippen LogP contribution is -2.42. The third-order valence-electron chi connectivity index (χ3n) is 5.20. The first-order valence-corrected chi connectivity index (χ1v) is 9.05. The average molecular weight is 349 g/mol. The van der Waals surface area contributed by atoms with Crippen LogP contribution in [0.1, 0.15) is 34.9 Å². The number of nitrogens with one attached hydrogen (secondary N) is 1. The van der Waals surface area contributed by atoms with E-state index >= 15 is 0 Å². The maximum absolute atomic E-state index is 12.7. The molecule has 2 atom stereocenters. The Balaban J connectivity index is 1.50. The van der Waals surface area contributed by atoms with Crippen LogP contribution in [-0.2, 0) is 0 Å². The van der Waals surface area contributed by atoms with Gasteiger partial charge in [0.1, 0.15) is 0 Å². The molecule has 4 rings (SSSR count). The minimum Gasteiger partial charge on any atom is -0.350 e. The van der Waals surface area contributed by atoms with Gasteiger partial charge in [0, 0.05) is 37.4 Å². The van der Waals surface area contributed by atoms with Gasteiger partial charge in [-0.2, -0.15) is 0 Å². The highest BCUT2D eigenvalue weighted by molar-refractivity contribution is 5.97. The number of carbonyl (C=O) groups is 1. The average Bonchev–Trinajstić information content (AvgIpc) is 3.15. The first-order chi connectivity index (χ1) is 12.7. The van der Waals surface area contributed by atoms with E-state index in [4.69, 9.17) is 0 Å². The Hall–Kier alpha value is -2.73. The van der Waals surface area contributed by atoms with Gasteiger partial charge in [-0.25, -0.2) is 9.97 Å². The summed E-state index contributed by atoms with van der Waals surface area (Å²) in [7, 11) is 2.17. The first-order valence-electron chi connectivity index (χ1n) is 9.05. The summed E-state index contributed by atoms with van der Waals surface area (Å²) in [6.07, 6.45) is 9.16. The molecule has 0 radical (unpaired) electrons. The number of fused-ring (bicyclic) bond motifs is 1. The van der Waals surface area contributed by atoms with Crippen molar-refractivity contribution in [2.75, 3.05) is 20.1 Å². The molecule has 1 N–H and O–H groups in total. The van der Waals surface area contributed by atoms with Crippen LogP contribution in [0.4, 0.5) is 0 Å². The van der Waals surface area contributed by atoms with Gasteiger partial charge in [-0.3, -0.25) is 9.69 Å². The van der Waals surface area contributed by atoms with Crippen LogP contribution in [-0.4, -0.2) is 45.3 Å². The summed E-state index contributed by atoms with van der Waals surface area (Å²) >= 11 is 0. The van der Waals surface area contributed by atoms with Crippen LogP contribution < -0.4 is 5.32 Å². The van der Waals surface area contributed by atoms with Gasteiger partial charge >= 0.3 is 0 Å². The van der Waals surface area contributed by atoms with Crippen molar-refractivity contribution in [3.8, 4) is 0 Å². The summed E-state index contributed by atoms with van der Waals surface area (Å²) in [5.74, 6) is 0.210. The molecule has 1 aliphatic heterocycles. The van der Waals surface area contributed by atoms with Crippen molar-refractivity contribution < 1.29 is 4.79 Å². The number of imidazole rings is 1. The first kappa shape index (κ1) is 16.7. The Kier molecular flexibility index (Phi) is 4.67. The molecule has 1 aromatic carbocycles. The van der Waals surface area contributed by atoms with E-state index < -0.39 is 0 Å². The molecule has 26 heavy (non-hydrogen) atoms. The summed E-state index contributed by atoms with van der Waals surface area (Å²) in [5, 5.41) is 3.09. The van der Waals surface area contributed by atoms with E-state index in [1.165, 1.54) is 5.56 Å². The number of hydrogen-bond donors (Lipinski definition) is 1. The van der Waals surface area contributed by atoms with Crippen molar-refractivity contribution in [2.24, 2.45) is 5.92 Å². The van der Waals surface area contributed by atoms with Crippen molar-refractivity contribution in [1.29, 1.82) is 0 Å². The van der Waals surface area contributed by atoms with E-state index in [2.05, 4.69) is 51.5 Å². The molecule has 3 heterocycles. The zero-order chi connectivity index (χ0) is 17.9. The number of rotatable bonds is 4. The molecule has 1 amide bonds. The van der Waals surface area contributed by atoms with Gasteiger partial charge in [0.05, 0.1) is 0 Å². The molecule has 1 aliphatic rings. The van der Waals surface area contributed by atoms with Crippen molar-refractivity contribution in [1.82, 2.24) is 24.6 Å². The van der Waals surface area contributed by atoms with Crippen LogP contribution in [0.25, 0.3) is 5.65 Å². The Morgan fingerprint density at radius 1 is 1.19 bits per heavy atom. The SMILES string of the molecule is CN1CCC[C@H](CNC(=O)c2nccn3ccnc23)[C@H]1c1ccccc1. The molecule has 6 heteroatoms. The highest BCUT2D eigenvalue weighted by Crippen LogP contribution is 2.34. The van der Waals surface area contributed by atoms with Crippen LogP contribution in [0.5, 0.6) is 0 Å². The standard InChI is InChI=1S/C20H23N5O/c1-24-11-5-8-16(18(24)15-6-3-2-4-7-15)14-23-20(26)17-19-22-10-13-25(19)12-9-21-17/h2-4,6-7,9-10,12-13,16,18H,5,8,11,14H2,1H3,(H,23,26)/t16-,18-/m1/s1. The molecular formula is C20H23N5O. The molecule has 0 unspecified atom stereocenters. The van der Waals surface area contributed by atoms with Gasteiger partial charge in [-0.15, -0.1) is 0 Å². The second-order valence-electron chi connectivity index (χ2n) is 6.88. The second kappa shape index (κ2) is 7.25. The monoisotopic (exact) mass is 349 g/mol. The largest absolute Gasteiger partial charge is 0.350 e. The molecule has 134 valence electrons. The molecule has 0 spiro atoms. The van der Waals surface area contributed by atoms with Crippen molar-refractivity contribution in [3.05, 3.63) is 66.4 Å². The number of nitrogens with zero attached hydrogens (tertiary/aromatic N) is 4. The number of piperidine rings is 1. The third-order valence-corrected chi connectivity index (χ3v) is 5.20. The van der Waals surface area contributed by atoms with Gasteiger partial charge in [-0.1, -0.05) is 30.3 Å². The van der Waals surface area contributed by atoms with E-state index in [9.17, 15) is 4.79 Å². The fourth-order valence-electron chi connectivity index (χ4n) is 3.97. The van der Waals surface area contributed by atoms with Crippen molar-refractivity contribution in [2.45, 2.75) is 18.9 Å². The normalized spacial score (nSPS) is 21.0. The van der Waals surface area contributed by atoms with Gasteiger partial charge in [0.2, 0.25) is 0 Å². The Bertz CT molecular complexity index is 891. The lowest BCUT2D eigenvalue weighted by atomic mass is 9.85. The lowest BCUT2D eigenvalue weighted by molar-refractivity contribution is 0.0888. The summed E-state index contributed by atoms with van der Waals surface area (Å²) in [6, 6.07) is 10.9. The summed E-state index contributed by atoms with van der Waals surface area (Å²) in [5.41, 5.74) is 2.27. The Labute approximate surface area is 152 Å². The fraction of sp³-hybridized carbons (Fsp3) is 0.350. The predicted octanol–water partition coefficient (Wildman–Crippen LogP) is 2.54. The van der Waals surface area contributed by atoms with Crippen LogP contribution in [0.2, 0.25) is 0 Å². The Morgan fingerprint density at radius 3 is 2.77 bits per heavy atom. The maximum Gasteiger partial charge on any atom is 0.273 e. The van der Waals surface area contributed by atoms with E-state index in [0.717, 1.165) is 19.4 Å². The van der Waals surface area contributed by atoms with Crippen LogP contribution in [0, 0.1) is 5.92 Å². The molecule has 2 aromatic heterocycles. The molecular weight excluding hydrogens is 326 g/mol. The zero-order valence-electron chi connectivity index (χ0n) is 14.9. The zero-order valence-corrected chi connectivity index (χ0v) is 14.9. The number of hydrogen-bond acceptors (Lipinski definition) is 4. The van der Waals surface area contributed by atoms with Crippen molar-refractivity contribution >= 4 is 11.6 Å². The number of carbonyl (C=O) groups excluding carboxylic acids is 1. The summed E-state index contributed by atoms with van der Waals surface area (Å²) in [6.45, 7) is 1.71. The van der Waals surface area contributed by atoms with E-state index in [-0.39, 0.29) is 5.91 Å². The minimum absolute atomic E-state index is 0.165. The molecule has 3 aromatic rings. The predicted molar refractivity (Wildman–Crippen MR) is 99.9 cm³/mol. The van der Waals surface area contributed by atoms with Crippen LogP contribution in [0.3, 0.4) is 0 Å². The third kappa shape index (κ3) is 3.20. The van der Waals surface area contributed by atoms with Crippen LogP contribution in [0.15, 0.2) is 55.1 Å². The van der Waals surface area contributed by atoms with Crippen molar-refractivity contribution in [3.63, 3.8) is 0 Å².